The first-order valence-electron chi connectivity index (χ1n) is 16.9. The highest BCUT2D eigenvalue weighted by Crippen LogP contribution is 2.67. The predicted molar refractivity (Wildman–Crippen MR) is 181 cm³/mol. The van der Waals surface area contributed by atoms with Gasteiger partial charge in [0.1, 0.15) is 5.75 Å². The quantitative estimate of drug-likeness (QED) is 0.362. The second kappa shape index (κ2) is 11.9. The zero-order chi connectivity index (χ0) is 33.2. The minimum Gasteiger partial charge on any atom is -0.497 e. The van der Waals surface area contributed by atoms with Crippen LogP contribution in [0.1, 0.15) is 92.1 Å². The first kappa shape index (κ1) is 32.2. The third-order valence-electron chi connectivity index (χ3n) is 10.9. The molecule has 47 heavy (non-hydrogen) atoms. The van der Waals surface area contributed by atoms with Crippen molar-refractivity contribution < 1.29 is 27.5 Å². The molecule has 10 nitrogen and oxygen atoms in total. The standard InChI is InChI=1S/C36H46N4O6S/c1-22-19-39(20-23(2)46-22)32(41)18-36-17-30(36)29-16-26(45-5)12-14-27(29)34-33(24-9-7-6-8-10-24)28-13-11-25(15-31(28)40(34)21-36)35(42)37-47(43,44)38(3)4/h11-16,22-24,30H,6-10,17-21H2,1-5H3,(H,37,42)/t22-,23-,30?,36?/m1/s1. The lowest BCUT2D eigenvalue weighted by atomic mass is 9.81. The van der Waals surface area contributed by atoms with E-state index in [2.05, 4.69) is 21.4 Å². The Balaban J connectivity index is 1.38. The summed E-state index contributed by atoms with van der Waals surface area (Å²) in [6.45, 7) is 5.85. The molecule has 3 fully saturated rings. The molecule has 2 unspecified atom stereocenters. The van der Waals surface area contributed by atoms with Gasteiger partial charge < -0.3 is 18.9 Å². The van der Waals surface area contributed by atoms with Crippen LogP contribution in [0.25, 0.3) is 22.2 Å². The molecule has 11 heteroatoms. The van der Waals surface area contributed by atoms with E-state index >= 15 is 0 Å². The van der Waals surface area contributed by atoms with Crippen molar-refractivity contribution in [1.82, 2.24) is 18.5 Å². The van der Waals surface area contributed by atoms with E-state index in [0.29, 0.717) is 32.0 Å². The van der Waals surface area contributed by atoms with Gasteiger partial charge in [-0.25, -0.2) is 4.72 Å². The maximum Gasteiger partial charge on any atom is 0.303 e. The van der Waals surface area contributed by atoms with Crippen molar-refractivity contribution in [3.8, 4) is 17.0 Å². The molecule has 3 aromatic rings. The van der Waals surface area contributed by atoms with Gasteiger partial charge in [0.2, 0.25) is 5.91 Å². The average molecular weight is 663 g/mol. The summed E-state index contributed by atoms with van der Waals surface area (Å²) >= 11 is 0. The lowest BCUT2D eigenvalue weighted by Crippen LogP contribution is -2.48. The molecule has 252 valence electrons. The van der Waals surface area contributed by atoms with Crippen LogP contribution in [0.3, 0.4) is 0 Å². The van der Waals surface area contributed by atoms with Crippen molar-refractivity contribution >= 4 is 32.9 Å². The van der Waals surface area contributed by atoms with Crippen LogP contribution in [0.15, 0.2) is 36.4 Å². The molecule has 2 saturated carbocycles. The Morgan fingerprint density at radius 1 is 1.04 bits per heavy atom. The number of hydrogen-bond acceptors (Lipinski definition) is 6. The van der Waals surface area contributed by atoms with Crippen LogP contribution < -0.4 is 9.46 Å². The van der Waals surface area contributed by atoms with Crippen LogP contribution >= 0.6 is 0 Å². The summed E-state index contributed by atoms with van der Waals surface area (Å²) in [7, 11) is 0.507. The van der Waals surface area contributed by atoms with Gasteiger partial charge in [0, 0.05) is 67.6 Å². The second-order valence-electron chi connectivity index (χ2n) is 14.4. The lowest BCUT2D eigenvalue weighted by Gasteiger charge is -2.36. The first-order valence-corrected chi connectivity index (χ1v) is 18.4. The number of morpholine rings is 1. The summed E-state index contributed by atoms with van der Waals surface area (Å²) in [5.41, 5.74) is 5.74. The smallest absolute Gasteiger partial charge is 0.303 e. The summed E-state index contributed by atoms with van der Waals surface area (Å²) < 4.78 is 42.3. The molecule has 0 radical (unpaired) electrons. The van der Waals surface area contributed by atoms with Crippen molar-refractivity contribution in [2.75, 3.05) is 34.3 Å². The number of benzene rings is 2. The van der Waals surface area contributed by atoms with Crippen LogP contribution in [0.4, 0.5) is 0 Å². The molecule has 2 amide bonds. The zero-order valence-corrected chi connectivity index (χ0v) is 28.9. The number of rotatable bonds is 7. The maximum absolute atomic E-state index is 14.0. The molecule has 2 aliphatic heterocycles. The third kappa shape index (κ3) is 5.74. The Labute approximate surface area is 277 Å². The Morgan fingerprint density at radius 3 is 2.45 bits per heavy atom. The van der Waals surface area contributed by atoms with E-state index in [0.717, 1.165) is 51.5 Å². The van der Waals surface area contributed by atoms with E-state index in [1.807, 2.05) is 36.9 Å². The maximum atomic E-state index is 14.0. The van der Waals surface area contributed by atoms with Gasteiger partial charge in [-0.2, -0.15) is 12.7 Å². The number of aromatic nitrogens is 1. The molecule has 1 N–H and O–H groups in total. The molecule has 2 aromatic carbocycles. The van der Waals surface area contributed by atoms with Gasteiger partial charge in [-0.15, -0.1) is 0 Å². The van der Waals surface area contributed by atoms with E-state index in [1.54, 1.807) is 13.2 Å². The monoisotopic (exact) mass is 662 g/mol. The molecule has 1 saturated heterocycles. The highest BCUT2D eigenvalue weighted by molar-refractivity contribution is 7.87. The summed E-state index contributed by atoms with van der Waals surface area (Å²) in [6.07, 6.45) is 7.07. The van der Waals surface area contributed by atoms with Crippen molar-refractivity contribution in [2.45, 2.75) is 89.4 Å². The molecule has 2 aliphatic carbocycles. The third-order valence-corrected chi connectivity index (χ3v) is 12.3. The van der Waals surface area contributed by atoms with E-state index in [1.165, 1.54) is 44.5 Å². The van der Waals surface area contributed by atoms with Gasteiger partial charge in [-0.3, -0.25) is 9.59 Å². The van der Waals surface area contributed by atoms with E-state index in [4.69, 9.17) is 9.47 Å². The molecule has 4 atom stereocenters. The van der Waals surface area contributed by atoms with Gasteiger partial charge in [0.15, 0.2) is 0 Å². The summed E-state index contributed by atoms with van der Waals surface area (Å²) in [6, 6.07) is 11.9. The number of nitrogens with zero attached hydrogens (tertiary/aromatic N) is 3. The number of ether oxygens (including phenoxy) is 2. The normalized spacial score (nSPS) is 25.9. The van der Waals surface area contributed by atoms with Crippen LogP contribution in [-0.2, 0) is 26.3 Å². The topological polar surface area (TPSA) is 110 Å². The fourth-order valence-electron chi connectivity index (χ4n) is 8.54. The number of methoxy groups -OCH3 is 1. The second-order valence-corrected chi connectivity index (χ2v) is 16.3. The Kier molecular flexibility index (Phi) is 8.16. The van der Waals surface area contributed by atoms with Gasteiger partial charge in [0.05, 0.1) is 25.0 Å². The average Bonchev–Trinajstić information content (AvgIpc) is 3.67. The SMILES string of the molecule is COc1ccc2c(c1)C1CC1(CC(=O)N1C[C@@H](C)O[C@H](C)C1)Cn1c-2c(C2CCCCC2)c2ccc(C(=O)NS(=O)(=O)N(C)C)cc21. The minimum atomic E-state index is -3.96. The van der Waals surface area contributed by atoms with E-state index in [-0.39, 0.29) is 35.0 Å². The van der Waals surface area contributed by atoms with Crippen LogP contribution in [0.2, 0.25) is 0 Å². The van der Waals surface area contributed by atoms with Gasteiger partial charge in [-0.1, -0.05) is 25.3 Å². The van der Waals surface area contributed by atoms with Crippen LogP contribution in [0.5, 0.6) is 5.75 Å². The fraction of sp³-hybridized carbons (Fsp3) is 0.556. The van der Waals surface area contributed by atoms with Crippen LogP contribution in [0, 0.1) is 5.41 Å². The fourth-order valence-corrected chi connectivity index (χ4v) is 9.07. The molecule has 7 rings (SSSR count). The summed E-state index contributed by atoms with van der Waals surface area (Å²) in [4.78, 5) is 29.3. The molecule has 0 spiro atoms. The summed E-state index contributed by atoms with van der Waals surface area (Å²) in [5, 5.41) is 1.09. The predicted octanol–water partition coefficient (Wildman–Crippen LogP) is 5.41. The molecular weight excluding hydrogens is 616 g/mol. The van der Waals surface area contributed by atoms with Gasteiger partial charge >= 0.3 is 10.2 Å². The zero-order valence-electron chi connectivity index (χ0n) is 28.0. The van der Waals surface area contributed by atoms with Crippen molar-refractivity contribution in [2.24, 2.45) is 5.41 Å². The lowest BCUT2D eigenvalue weighted by molar-refractivity contribution is -0.144. The minimum absolute atomic E-state index is 0.00625. The molecular formula is C36H46N4O6S. The van der Waals surface area contributed by atoms with E-state index in [9.17, 15) is 18.0 Å². The number of carbonyl (C=O) groups is 2. The number of hydrogen-bond donors (Lipinski definition) is 1. The first-order chi connectivity index (χ1) is 22.4. The Bertz CT molecular complexity index is 1840. The molecule has 4 aliphatic rings. The van der Waals surface area contributed by atoms with Crippen LogP contribution in [-0.4, -0.2) is 80.5 Å². The highest BCUT2D eigenvalue weighted by Gasteiger charge is 2.59. The molecule has 1 aromatic heterocycles. The number of carbonyl (C=O) groups excluding carboxylic acids is 2. The Hall–Kier alpha value is -3.41. The highest BCUT2D eigenvalue weighted by atomic mass is 32.2. The van der Waals surface area contributed by atoms with Crippen molar-refractivity contribution in [3.05, 3.63) is 53.1 Å². The Morgan fingerprint density at radius 2 is 1.77 bits per heavy atom. The summed E-state index contributed by atoms with van der Waals surface area (Å²) in [5.74, 6) is 0.851. The molecule has 0 bridgehead atoms. The van der Waals surface area contributed by atoms with Gasteiger partial charge in [0.25, 0.3) is 5.91 Å². The number of nitrogens with one attached hydrogen (secondary N) is 1. The largest absolute Gasteiger partial charge is 0.497 e. The molecule has 3 heterocycles. The van der Waals surface area contributed by atoms with Crippen molar-refractivity contribution in [1.29, 1.82) is 0 Å². The number of fused-ring (bicyclic) bond motifs is 7. The van der Waals surface area contributed by atoms with E-state index < -0.39 is 16.1 Å². The van der Waals surface area contributed by atoms with Crippen molar-refractivity contribution in [3.63, 3.8) is 0 Å². The number of amides is 2. The van der Waals surface area contributed by atoms with Gasteiger partial charge in [-0.05, 0) is 86.4 Å².